The first-order chi connectivity index (χ1) is 8.11. The molecule has 0 bridgehead atoms. The van der Waals surface area contributed by atoms with Crippen molar-refractivity contribution in [3.05, 3.63) is 0 Å². The summed E-state index contributed by atoms with van der Waals surface area (Å²) in [6.07, 6.45) is -4.28. The van der Waals surface area contributed by atoms with E-state index < -0.39 is 24.7 Å². The van der Waals surface area contributed by atoms with E-state index in [2.05, 4.69) is 10.6 Å². The van der Waals surface area contributed by atoms with Crippen molar-refractivity contribution in [3.8, 4) is 0 Å². The van der Waals surface area contributed by atoms with Gasteiger partial charge in [0, 0.05) is 12.6 Å². The first-order valence-corrected chi connectivity index (χ1v) is 6.22. The van der Waals surface area contributed by atoms with Gasteiger partial charge in [-0.15, -0.1) is 0 Å². The van der Waals surface area contributed by atoms with Crippen LogP contribution in [-0.4, -0.2) is 30.7 Å². The number of hydrogen-bond acceptors (Lipinski definition) is 2. The normalized spacial score (nSPS) is 15.6. The predicted molar refractivity (Wildman–Crippen MR) is 65.2 cm³/mol. The van der Waals surface area contributed by atoms with Gasteiger partial charge in [-0.05, 0) is 26.2 Å². The highest BCUT2D eigenvalue weighted by molar-refractivity contribution is 5.81. The Balaban J connectivity index is 3.93. The van der Waals surface area contributed by atoms with Crippen molar-refractivity contribution in [2.24, 2.45) is 5.92 Å². The van der Waals surface area contributed by atoms with Crippen LogP contribution < -0.4 is 10.6 Å². The number of halogens is 3. The largest absolute Gasteiger partial charge is 0.390 e. The molecule has 0 aromatic heterocycles. The third kappa shape index (κ3) is 9.27. The van der Waals surface area contributed by atoms with Gasteiger partial charge in [0.2, 0.25) is 5.91 Å². The zero-order valence-corrected chi connectivity index (χ0v) is 11.4. The van der Waals surface area contributed by atoms with Gasteiger partial charge < -0.3 is 10.6 Å². The summed E-state index contributed by atoms with van der Waals surface area (Å²) in [4.78, 5) is 11.6. The smallest absolute Gasteiger partial charge is 0.355 e. The van der Waals surface area contributed by atoms with Crippen LogP contribution in [-0.2, 0) is 4.79 Å². The molecule has 0 aromatic carbocycles. The monoisotopic (exact) mass is 268 g/mol. The highest BCUT2D eigenvalue weighted by Crippen LogP contribution is 2.21. The van der Waals surface area contributed by atoms with E-state index in [1.165, 1.54) is 6.92 Å². The van der Waals surface area contributed by atoms with E-state index in [9.17, 15) is 18.0 Å². The average Bonchev–Trinajstić information content (AvgIpc) is 2.13. The van der Waals surface area contributed by atoms with Gasteiger partial charge in [0.1, 0.15) is 0 Å². The number of rotatable bonds is 7. The molecule has 2 unspecified atom stereocenters. The van der Waals surface area contributed by atoms with E-state index >= 15 is 0 Å². The maximum atomic E-state index is 12.1. The van der Waals surface area contributed by atoms with Gasteiger partial charge in [-0.3, -0.25) is 4.79 Å². The summed E-state index contributed by atoms with van der Waals surface area (Å²) in [5.74, 6) is 0.224. The lowest BCUT2D eigenvalue weighted by Crippen LogP contribution is -2.47. The van der Waals surface area contributed by atoms with Crippen molar-refractivity contribution >= 4 is 5.91 Å². The molecule has 2 N–H and O–H groups in total. The minimum Gasteiger partial charge on any atom is -0.355 e. The van der Waals surface area contributed by atoms with Gasteiger partial charge in [0.05, 0.1) is 12.5 Å². The van der Waals surface area contributed by atoms with Crippen molar-refractivity contribution in [1.29, 1.82) is 0 Å². The Labute approximate surface area is 107 Å². The molecular formula is C12H23F3N2O. The molecule has 0 aliphatic heterocycles. The average molecular weight is 268 g/mol. The summed E-state index contributed by atoms with van der Waals surface area (Å²) in [5, 5.41) is 5.34. The van der Waals surface area contributed by atoms with Gasteiger partial charge in [-0.25, -0.2) is 0 Å². The predicted octanol–water partition coefficient (Wildman–Crippen LogP) is 2.47. The highest BCUT2D eigenvalue weighted by Gasteiger charge is 2.30. The standard InChI is InChI=1S/C12H23F3N2O/c1-8(2)5-6-16-11(18)10(4)17-9(3)7-12(13,14)15/h8-10,17H,5-7H2,1-4H3,(H,16,18). The fourth-order valence-electron chi connectivity index (χ4n) is 1.55. The second-order valence-electron chi connectivity index (χ2n) is 5.08. The number of carbonyl (C=O) groups excluding carboxylic acids is 1. The van der Waals surface area contributed by atoms with Gasteiger partial charge in [-0.2, -0.15) is 13.2 Å². The van der Waals surface area contributed by atoms with Crippen LogP contribution in [0, 0.1) is 5.92 Å². The van der Waals surface area contributed by atoms with E-state index in [1.54, 1.807) is 6.92 Å². The molecule has 108 valence electrons. The summed E-state index contributed by atoms with van der Waals surface area (Å²) in [6, 6.07) is -1.38. The summed E-state index contributed by atoms with van der Waals surface area (Å²) in [5.41, 5.74) is 0. The second kappa shape index (κ2) is 7.61. The molecule has 0 radical (unpaired) electrons. The molecule has 0 rings (SSSR count). The number of amides is 1. The fraction of sp³-hybridized carbons (Fsp3) is 0.917. The Morgan fingerprint density at radius 3 is 2.17 bits per heavy atom. The third-order valence-corrected chi connectivity index (χ3v) is 2.49. The number of nitrogens with one attached hydrogen (secondary N) is 2. The van der Waals surface area contributed by atoms with Gasteiger partial charge in [-0.1, -0.05) is 13.8 Å². The summed E-state index contributed by atoms with van der Waals surface area (Å²) in [7, 11) is 0. The molecule has 1 amide bonds. The molecule has 0 saturated heterocycles. The summed E-state index contributed by atoms with van der Waals surface area (Å²) >= 11 is 0. The molecule has 0 fully saturated rings. The van der Waals surface area contributed by atoms with Crippen LogP contribution in [0.4, 0.5) is 13.2 Å². The minimum absolute atomic E-state index is 0.260. The van der Waals surface area contributed by atoms with E-state index in [-0.39, 0.29) is 5.91 Å². The molecule has 0 aromatic rings. The lowest BCUT2D eigenvalue weighted by Gasteiger charge is -2.20. The molecule has 0 saturated carbocycles. The van der Waals surface area contributed by atoms with E-state index in [1.807, 2.05) is 13.8 Å². The molecule has 0 spiro atoms. The topological polar surface area (TPSA) is 41.1 Å². The SMILES string of the molecule is CC(C)CCNC(=O)C(C)NC(C)CC(F)(F)F. The lowest BCUT2D eigenvalue weighted by atomic mass is 10.1. The van der Waals surface area contributed by atoms with Gasteiger partial charge >= 0.3 is 6.18 Å². The zero-order chi connectivity index (χ0) is 14.3. The summed E-state index contributed by atoms with van der Waals surface area (Å²) < 4.78 is 36.3. The maximum Gasteiger partial charge on any atom is 0.390 e. The van der Waals surface area contributed by atoms with Crippen LogP contribution in [0.5, 0.6) is 0 Å². The number of carbonyl (C=O) groups is 1. The van der Waals surface area contributed by atoms with Crippen LogP contribution >= 0.6 is 0 Å². The Morgan fingerprint density at radius 1 is 1.17 bits per heavy atom. The molecule has 0 aliphatic rings. The van der Waals surface area contributed by atoms with Gasteiger partial charge in [0.25, 0.3) is 0 Å². The Bertz CT molecular complexity index is 254. The third-order valence-electron chi connectivity index (χ3n) is 2.49. The molecule has 6 heteroatoms. The van der Waals surface area contributed by atoms with E-state index in [0.29, 0.717) is 12.5 Å². The first kappa shape index (κ1) is 17.2. The highest BCUT2D eigenvalue weighted by atomic mass is 19.4. The number of alkyl halides is 3. The van der Waals surface area contributed by atoms with Crippen molar-refractivity contribution in [2.45, 2.75) is 58.8 Å². The Hall–Kier alpha value is -0.780. The van der Waals surface area contributed by atoms with Crippen molar-refractivity contribution in [1.82, 2.24) is 10.6 Å². The van der Waals surface area contributed by atoms with Crippen LogP contribution in [0.1, 0.15) is 40.5 Å². The molecule has 0 aliphatic carbocycles. The minimum atomic E-state index is -4.21. The first-order valence-electron chi connectivity index (χ1n) is 6.22. The molecule has 3 nitrogen and oxygen atoms in total. The van der Waals surface area contributed by atoms with Crippen molar-refractivity contribution in [2.75, 3.05) is 6.54 Å². The quantitative estimate of drug-likeness (QED) is 0.744. The Kier molecular flexibility index (Phi) is 7.28. The Morgan fingerprint density at radius 2 is 1.72 bits per heavy atom. The van der Waals surface area contributed by atoms with Crippen LogP contribution in [0.2, 0.25) is 0 Å². The van der Waals surface area contributed by atoms with Crippen LogP contribution in [0.3, 0.4) is 0 Å². The van der Waals surface area contributed by atoms with Gasteiger partial charge in [0.15, 0.2) is 0 Å². The number of hydrogen-bond donors (Lipinski definition) is 2. The van der Waals surface area contributed by atoms with E-state index in [0.717, 1.165) is 6.42 Å². The molecule has 2 atom stereocenters. The lowest BCUT2D eigenvalue weighted by molar-refractivity contribution is -0.140. The molecule has 0 heterocycles. The molecule has 18 heavy (non-hydrogen) atoms. The van der Waals surface area contributed by atoms with Crippen LogP contribution in [0.25, 0.3) is 0 Å². The molecular weight excluding hydrogens is 245 g/mol. The maximum absolute atomic E-state index is 12.1. The fourth-order valence-corrected chi connectivity index (χ4v) is 1.55. The zero-order valence-electron chi connectivity index (χ0n) is 11.4. The second-order valence-corrected chi connectivity index (χ2v) is 5.08. The van der Waals surface area contributed by atoms with Crippen molar-refractivity contribution in [3.63, 3.8) is 0 Å². The van der Waals surface area contributed by atoms with E-state index in [4.69, 9.17) is 0 Å². The summed E-state index contributed by atoms with van der Waals surface area (Å²) in [6.45, 7) is 7.62. The van der Waals surface area contributed by atoms with Crippen molar-refractivity contribution < 1.29 is 18.0 Å². The van der Waals surface area contributed by atoms with Crippen LogP contribution in [0.15, 0.2) is 0 Å².